The van der Waals surface area contributed by atoms with Crippen LogP contribution in [0, 0.1) is 5.92 Å². The number of amides is 2. The third-order valence-electron chi connectivity index (χ3n) is 2.84. The van der Waals surface area contributed by atoms with E-state index in [0.717, 1.165) is 5.75 Å². The Hall–Kier alpha value is -2.24. The average Bonchev–Trinajstić information content (AvgIpc) is 2.40. The van der Waals surface area contributed by atoms with Gasteiger partial charge in [0.25, 0.3) is 0 Å². The second kappa shape index (κ2) is 8.14. The van der Waals surface area contributed by atoms with Gasteiger partial charge in [0.1, 0.15) is 5.75 Å². The van der Waals surface area contributed by atoms with E-state index in [9.17, 15) is 9.59 Å². The molecular weight excluding hydrogens is 272 g/mol. The summed E-state index contributed by atoms with van der Waals surface area (Å²) in [7, 11) is 0. The molecule has 21 heavy (non-hydrogen) atoms. The van der Waals surface area contributed by atoms with Gasteiger partial charge >= 0.3 is 12.0 Å². The molecule has 0 bridgehead atoms. The summed E-state index contributed by atoms with van der Waals surface area (Å²) in [6, 6.07) is 6.56. The lowest BCUT2D eigenvalue weighted by Crippen LogP contribution is -2.35. The first-order chi connectivity index (χ1) is 9.92. The number of carbonyl (C=O) groups is 2. The van der Waals surface area contributed by atoms with Gasteiger partial charge in [0.15, 0.2) is 0 Å². The van der Waals surface area contributed by atoms with Crippen molar-refractivity contribution in [2.45, 2.75) is 33.3 Å². The van der Waals surface area contributed by atoms with E-state index >= 15 is 0 Å². The van der Waals surface area contributed by atoms with E-state index in [1.54, 1.807) is 31.2 Å². The van der Waals surface area contributed by atoms with Gasteiger partial charge < -0.3 is 20.5 Å². The van der Waals surface area contributed by atoms with Crippen LogP contribution < -0.4 is 15.4 Å². The Morgan fingerprint density at radius 1 is 1.24 bits per heavy atom. The lowest BCUT2D eigenvalue weighted by molar-refractivity contribution is -0.141. The Bertz CT molecular complexity index is 471. The molecule has 1 unspecified atom stereocenters. The number of carboxylic acids is 1. The number of rotatable bonds is 7. The maximum absolute atomic E-state index is 11.7. The number of urea groups is 1. The summed E-state index contributed by atoms with van der Waals surface area (Å²) >= 11 is 0. The van der Waals surface area contributed by atoms with Gasteiger partial charge in [0.05, 0.1) is 12.0 Å². The van der Waals surface area contributed by atoms with Gasteiger partial charge in [-0.3, -0.25) is 4.79 Å². The topological polar surface area (TPSA) is 87.7 Å². The highest BCUT2D eigenvalue weighted by Gasteiger charge is 2.15. The number of carbonyl (C=O) groups excluding carboxylic acids is 1. The first kappa shape index (κ1) is 16.8. The molecule has 0 aromatic heterocycles. The van der Waals surface area contributed by atoms with E-state index in [2.05, 4.69) is 10.6 Å². The minimum Gasteiger partial charge on any atom is -0.491 e. The van der Waals surface area contributed by atoms with Gasteiger partial charge in [-0.15, -0.1) is 0 Å². The van der Waals surface area contributed by atoms with Crippen molar-refractivity contribution in [2.24, 2.45) is 5.92 Å². The first-order valence-corrected chi connectivity index (χ1v) is 6.96. The number of anilines is 1. The van der Waals surface area contributed by atoms with E-state index in [1.807, 2.05) is 13.8 Å². The van der Waals surface area contributed by atoms with Crippen molar-refractivity contribution < 1.29 is 19.4 Å². The fourth-order valence-corrected chi connectivity index (χ4v) is 1.69. The molecule has 0 saturated carbocycles. The monoisotopic (exact) mass is 294 g/mol. The van der Waals surface area contributed by atoms with E-state index in [4.69, 9.17) is 9.84 Å². The lowest BCUT2D eigenvalue weighted by atomic mass is 10.1. The van der Waals surface area contributed by atoms with E-state index in [0.29, 0.717) is 12.1 Å². The third-order valence-corrected chi connectivity index (χ3v) is 2.84. The molecule has 1 aromatic rings. The number of aliphatic carboxylic acids is 1. The zero-order valence-electron chi connectivity index (χ0n) is 12.6. The number of hydrogen-bond donors (Lipinski definition) is 3. The van der Waals surface area contributed by atoms with Crippen LogP contribution in [0.3, 0.4) is 0 Å². The van der Waals surface area contributed by atoms with Crippen LogP contribution >= 0.6 is 0 Å². The molecule has 0 aliphatic rings. The van der Waals surface area contributed by atoms with Crippen molar-refractivity contribution in [2.75, 3.05) is 11.9 Å². The largest absolute Gasteiger partial charge is 0.491 e. The van der Waals surface area contributed by atoms with Crippen molar-refractivity contribution in [1.82, 2.24) is 5.32 Å². The third kappa shape index (κ3) is 6.16. The fourth-order valence-electron chi connectivity index (χ4n) is 1.69. The summed E-state index contributed by atoms with van der Waals surface area (Å²) in [6.45, 7) is 5.75. The maximum atomic E-state index is 11.7. The second-order valence-electron chi connectivity index (χ2n) is 4.97. The Labute approximate surface area is 124 Å². The van der Waals surface area contributed by atoms with Crippen LogP contribution in [0.5, 0.6) is 5.75 Å². The Morgan fingerprint density at radius 2 is 1.86 bits per heavy atom. The van der Waals surface area contributed by atoms with E-state index in [-0.39, 0.29) is 12.6 Å². The average molecular weight is 294 g/mol. The number of nitrogens with one attached hydrogen (secondary N) is 2. The molecule has 3 N–H and O–H groups in total. The van der Waals surface area contributed by atoms with Crippen molar-refractivity contribution in [3.8, 4) is 5.75 Å². The molecule has 0 aliphatic carbocycles. The maximum Gasteiger partial charge on any atom is 0.319 e. The van der Waals surface area contributed by atoms with Gasteiger partial charge in [-0.2, -0.15) is 0 Å². The van der Waals surface area contributed by atoms with Crippen molar-refractivity contribution in [3.05, 3.63) is 24.3 Å². The summed E-state index contributed by atoms with van der Waals surface area (Å²) < 4.78 is 5.50. The fraction of sp³-hybridized carbons (Fsp3) is 0.467. The molecule has 2 amide bonds. The van der Waals surface area contributed by atoms with Gasteiger partial charge in [0, 0.05) is 12.2 Å². The quantitative estimate of drug-likeness (QED) is 0.721. The number of carboxylic acid groups (broad SMARTS) is 1. The Kier molecular flexibility index (Phi) is 6.52. The summed E-state index contributed by atoms with van der Waals surface area (Å²) in [5.41, 5.74) is 0.618. The molecule has 0 heterocycles. The van der Waals surface area contributed by atoms with Crippen molar-refractivity contribution in [3.63, 3.8) is 0 Å². The number of ether oxygens (including phenoxy) is 1. The molecule has 1 atom stereocenters. The molecule has 6 heteroatoms. The van der Waals surface area contributed by atoms with Crippen LogP contribution in [-0.4, -0.2) is 29.8 Å². The molecule has 0 aliphatic heterocycles. The van der Waals surface area contributed by atoms with Crippen molar-refractivity contribution >= 4 is 17.7 Å². The Balaban J connectivity index is 2.46. The van der Waals surface area contributed by atoms with Gasteiger partial charge in [0.2, 0.25) is 0 Å². The normalized spacial score (nSPS) is 11.8. The molecular formula is C15H22N2O4. The lowest BCUT2D eigenvalue weighted by Gasteiger charge is -2.13. The van der Waals surface area contributed by atoms with E-state index in [1.165, 1.54) is 0 Å². The van der Waals surface area contributed by atoms with Crippen LogP contribution in [0.15, 0.2) is 24.3 Å². The van der Waals surface area contributed by atoms with Crippen LogP contribution in [0.25, 0.3) is 0 Å². The molecule has 116 valence electrons. The minimum atomic E-state index is -0.909. The molecule has 6 nitrogen and oxygen atoms in total. The molecule has 0 fully saturated rings. The van der Waals surface area contributed by atoms with Gasteiger partial charge in [-0.25, -0.2) is 4.79 Å². The smallest absolute Gasteiger partial charge is 0.319 e. The SMILES string of the molecule is CCC(CNC(=O)Nc1ccc(OC(C)C)cc1)C(=O)O. The van der Waals surface area contributed by atoms with Crippen LogP contribution in [0.4, 0.5) is 10.5 Å². The highest BCUT2D eigenvalue weighted by atomic mass is 16.5. The molecule has 1 aromatic carbocycles. The number of hydrogen-bond acceptors (Lipinski definition) is 3. The minimum absolute atomic E-state index is 0.0918. The van der Waals surface area contributed by atoms with Gasteiger partial charge in [-0.05, 0) is 44.5 Å². The first-order valence-electron chi connectivity index (χ1n) is 6.96. The zero-order valence-corrected chi connectivity index (χ0v) is 12.6. The predicted molar refractivity (Wildman–Crippen MR) is 80.6 cm³/mol. The van der Waals surface area contributed by atoms with Crippen LogP contribution in [0.2, 0.25) is 0 Å². The highest BCUT2D eigenvalue weighted by molar-refractivity contribution is 5.89. The molecule has 0 spiro atoms. The molecule has 1 rings (SSSR count). The molecule has 0 saturated heterocycles. The number of benzene rings is 1. The second-order valence-corrected chi connectivity index (χ2v) is 4.97. The zero-order chi connectivity index (χ0) is 15.8. The van der Waals surface area contributed by atoms with Gasteiger partial charge in [-0.1, -0.05) is 6.92 Å². The van der Waals surface area contributed by atoms with Crippen LogP contribution in [-0.2, 0) is 4.79 Å². The summed E-state index contributed by atoms with van der Waals surface area (Å²) in [5.74, 6) is -0.751. The summed E-state index contributed by atoms with van der Waals surface area (Å²) in [6.07, 6.45) is 0.561. The van der Waals surface area contributed by atoms with E-state index < -0.39 is 17.9 Å². The summed E-state index contributed by atoms with van der Waals surface area (Å²) in [5, 5.41) is 14.1. The highest BCUT2D eigenvalue weighted by Crippen LogP contribution is 2.16. The Morgan fingerprint density at radius 3 is 2.33 bits per heavy atom. The predicted octanol–water partition coefficient (Wildman–Crippen LogP) is 2.71. The standard InChI is InChI=1S/C15H22N2O4/c1-4-11(14(18)19)9-16-15(20)17-12-5-7-13(8-6-12)21-10(2)3/h5-8,10-11H,4,9H2,1-3H3,(H,18,19)(H2,16,17,20). The van der Waals surface area contributed by atoms with Crippen LogP contribution in [0.1, 0.15) is 27.2 Å². The summed E-state index contributed by atoms with van der Waals surface area (Å²) in [4.78, 5) is 22.5. The molecule has 0 radical (unpaired) electrons. The van der Waals surface area contributed by atoms with Crippen molar-refractivity contribution in [1.29, 1.82) is 0 Å².